The molecule has 2 unspecified atom stereocenters. The lowest BCUT2D eigenvalue weighted by molar-refractivity contribution is -0.135. The van der Waals surface area contributed by atoms with E-state index in [1.54, 1.807) is 29.2 Å². The molecule has 2 fully saturated rings. The third kappa shape index (κ3) is 5.14. The molecule has 8 heteroatoms. The molecule has 7 nitrogen and oxygen atoms in total. The van der Waals surface area contributed by atoms with Crippen LogP contribution in [0.25, 0.3) is 0 Å². The summed E-state index contributed by atoms with van der Waals surface area (Å²) in [6, 6.07) is 17.4. The van der Waals surface area contributed by atoms with E-state index in [0.717, 1.165) is 5.56 Å². The molecule has 0 radical (unpaired) electrons. The summed E-state index contributed by atoms with van der Waals surface area (Å²) in [6.07, 6.45) is 0.663. The Labute approximate surface area is 183 Å². The zero-order chi connectivity index (χ0) is 21.8. The van der Waals surface area contributed by atoms with Gasteiger partial charge in [-0.15, -0.1) is 0 Å². The van der Waals surface area contributed by atoms with Crippen LogP contribution in [0.3, 0.4) is 0 Å². The van der Waals surface area contributed by atoms with Crippen LogP contribution in [0.2, 0.25) is 0 Å². The van der Waals surface area contributed by atoms with Crippen molar-refractivity contribution in [2.75, 3.05) is 37.7 Å². The number of hydrogen-bond donors (Lipinski definition) is 1. The number of carbonyl (C=O) groups excluding carboxylic acids is 2. The topological polar surface area (TPSA) is 86.8 Å². The molecule has 0 aromatic heterocycles. The molecule has 2 saturated heterocycles. The lowest BCUT2D eigenvalue weighted by Gasteiger charge is -2.39. The first-order valence-corrected chi connectivity index (χ1v) is 12.4. The van der Waals surface area contributed by atoms with E-state index in [1.807, 2.05) is 36.4 Å². The summed E-state index contributed by atoms with van der Waals surface area (Å²) in [5, 5.41) is 2.90. The van der Waals surface area contributed by atoms with Gasteiger partial charge in [-0.25, -0.2) is 8.42 Å². The fraction of sp³-hybridized carbons (Fsp3) is 0.391. The molecule has 2 aliphatic heterocycles. The predicted octanol–water partition coefficient (Wildman–Crippen LogP) is 1.49. The van der Waals surface area contributed by atoms with Crippen molar-refractivity contribution in [3.05, 3.63) is 71.8 Å². The van der Waals surface area contributed by atoms with Gasteiger partial charge in [-0.2, -0.15) is 0 Å². The maximum Gasteiger partial charge on any atom is 0.252 e. The highest BCUT2D eigenvalue weighted by molar-refractivity contribution is 7.91. The predicted molar refractivity (Wildman–Crippen MR) is 118 cm³/mol. The van der Waals surface area contributed by atoms with E-state index in [-0.39, 0.29) is 29.4 Å². The molecule has 2 amide bonds. The molecule has 2 atom stereocenters. The number of hydrogen-bond acceptors (Lipinski definition) is 5. The maximum atomic E-state index is 13.4. The Bertz CT molecular complexity index is 1020. The number of rotatable bonds is 5. The van der Waals surface area contributed by atoms with E-state index in [1.165, 1.54) is 0 Å². The molecule has 31 heavy (non-hydrogen) atoms. The lowest BCUT2D eigenvalue weighted by Crippen LogP contribution is -2.54. The molecule has 4 rings (SSSR count). The normalized spacial score (nSPS) is 22.1. The Morgan fingerprint density at radius 2 is 1.52 bits per heavy atom. The third-order valence-electron chi connectivity index (χ3n) is 6.04. The van der Waals surface area contributed by atoms with Crippen LogP contribution in [-0.2, 0) is 14.6 Å². The first-order valence-electron chi connectivity index (χ1n) is 10.6. The van der Waals surface area contributed by atoms with Gasteiger partial charge in [0.05, 0.1) is 11.5 Å². The van der Waals surface area contributed by atoms with E-state index in [0.29, 0.717) is 38.2 Å². The molecule has 2 aromatic rings. The molecule has 2 aliphatic rings. The smallest absolute Gasteiger partial charge is 0.252 e. The van der Waals surface area contributed by atoms with Gasteiger partial charge in [-0.1, -0.05) is 48.5 Å². The van der Waals surface area contributed by atoms with E-state index < -0.39 is 15.9 Å². The highest BCUT2D eigenvalue weighted by Gasteiger charge is 2.36. The van der Waals surface area contributed by atoms with Crippen LogP contribution in [0.1, 0.15) is 28.4 Å². The van der Waals surface area contributed by atoms with Gasteiger partial charge < -0.3 is 10.2 Å². The Balaban J connectivity index is 1.45. The molecule has 0 bridgehead atoms. The number of benzene rings is 2. The summed E-state index contributed by atoms with van der Waals surface area (Å²) in [6.45, 7) is 2.31. The summed E-state index contributed by atoms with van der Waals surface area (Å²) < 4.78 is 23.6. The third-order valence-corrected chi connectivity index (χ3v) is 7.79. The molecule has 1 N–H and O–H groups in total. The van der Waals surface area contributed by atoms with Crippen molar-refractivity contribution in [3.8, 4) is 0 Å². The second-order valence-corrected chi connectivity index (χ2v) is 10.3. The van der Waals surface area contributed by atoms with Crippen molar-refractivity contribution in [2.45, 2.75) is 18.5 Å². The van der Waals surface area contributed by atoms with Gasteiger partial charge in [0.2, 0.25) is 5.91 Å². The van der Waals surface area contributed by atoms with Crippen molar-refractivity contribution in [1.29, 1.82) is 0 Å². The van der Waals surface area contributed by atoms with Crippen molar-refractivity contribution in [1.82, 2.24) is 15.1 Å². The SMILES string of the molecule is O=C(NC(C(=O)N1CCN(C2CCS(=O)(=O)C2)CC1)c1ccccc1)c1ccccc1. The molecule has 0 saturated carbocycles. The van der Waals surface area contributed by atoms with Gasteiger partial charge in [-0.3, -0.25) is 14.5 Å². The number of sulfone groups is 1. The van der Waals surface area contributed by atoms with Gasteiger partial charge in [0.15, 0.2) is 9.84 Å². The van der Waals surface area contributed by atoms with E-state index in [2.05, 4.69) is 10.2 Å². The summed E-state index contributed by atoms with van der Waals surface area (Å²) >= 11 is 0. The highest BCUT2D eigenvalue weighted by Crippen LogP contribution is 2.22. The highest BCUT2D eigenvalue weighted by atomic mass is 32.2. The van der Waals surface area contributed by atoms with Crippen molar-refractivity contribution < 1.29 is 18.0 Å². The Morgan fingerprint density at radius 1 is 0.903 bits per heavy atom. The fourth-order valence-corrected chi connectivity index (χ4v) is 6.05. The van der Waals surface area contributed by atoms with Gasteiger partial charge in [-0.05, 0) is 24.1 Å². The van der Waals surface area contributed by atoms with Crippen molar-refractivity contribution in [2.24, 2.45) is 0 Å². The second kappa shape index (κ2) is 9.20. The zero-order valence-electron chi connectivity index (χ0n) is 17.3. The molecule has 0 aliphatic carbocycles. The summed E-state index contributed by atoms with van der Waals surface area (Å²) in [5.74, 6) is 0.0193. The van der Waals surface area contributed by atoms with Crippen LogP contribution < -0.4 is 5.32 Å². The van der Waals surface area contributed by atoms with Crippen LogP contribution >= 0.6 is 0 Å². The minimum absolute atomic E-state index is 0.0463. The van der Waals surface area contributed by atoms with E-state index >= 15 is 0 Å². The zero-order valence-corrected chi connectivity index (χ0v) is 18.1. The Hall–Kier alpha value is -2.71. The van der Waals surface area contributed by atoms with Crippen LogP contribution in [0.15, 0.2) is 60.7 Å². The summed E-state index contributed by atoms with van der Waals surface area (Å²) in [5.41, 5.74) is 1.24. The average Bonchev–Trinajstić information content (AvgIpc) is 3.18. The van der Waals surface area contributed by atoms with Crippen LogP contribution in [0.5, 0.6) is 0 Å². The number of amides is 2. The summed E-state index contributed by atoms with van der Waals surface area (Å²) in [7, 11) is -2.93. The second-order valence-electron chi connectivity index (χ2n) is 8.10. The minimum atomic E-state index is -2.93. The molecular weight excluding hydrogens is 414 g/mol. The summed E-state index contributed by atoms with van der Waals surface area (Å²) in [4.78, 5) is 30.1. The fourth-order valence-electron chi connectivity index (χ4n) is 4.29. The molecule has 2 heterocycles. The Kier molecular flexibility index (Phi) is 6.38. The van der Waals surface area contributed by atoms with Crippen molar-refractivity contribution in [3.63, 3.8) is 0 Å². The van der Waals surface area contributed by atoms with E-state index in [9.17, 15) is 18.0 Å². The largest absolute Gasteiger partial charge is 0.338 e. The molecular formula is C23H27N3O4S. The maximum absolute atomic E-state index is 13.4. The molecule has 2 aromatic carbocycles. The first kappa shape index (κ1) is 21.5. The monoisotopic (exact) mass is 441 g/mol. The van der Waals surface area contributed by atoms with Gasteiger partial charge >= 0.3 is 0 Å². The van der Waals surface area contributed by atoms with Gasteiger partial charge in [0.25, 0.3) is 5.91 Å². The molecule has 0 spiro atoms. The number of nitrogens with zero attached hydrogens (tertiary/aromatic N) is 2. The minimum Gasteiger partial charge on any atom is -0.338 e. The van der Waals surface area contributed by atoms with Gasteiger partial charge in [0, 0.05) is 37.8 Å². The van der Waals surface area contributed by atoms with Crippen LogP contribution in [-0.4, -0.2) is 73.8 Å². The standard InChI is InChI=1S/C23H27N3O4S/c27-22(19-9-5-2-6-10-19)24-21(18-7-3-1-4-8-18)23(28)26-14-12-25(13-15-26)20-11-16-31(29,30)17-20/h1-10,20-21H,11-17H2,(H,24,27). The number of nitrogens with one attached hydrogen (secondary N) is 1. The Morgan fingerprint density at radius 3 is 2.10 bits per heavy atom. The van der Waals surface area contributed by atoms with E-state index in [4.69, 9.17) is 0 Å². The number of piperazine rings is 1. The van der Waals surface area contributed by atoms with Crippen molar-refractivity contribution >= 4 is 21.7 Å². The average molecular weight is 442 g/mol. The lowest BCUT2D eigenvalue weighted by atomic mass is 10.0. The van der Waals surface area contributed by atoms with Crippen LogP contribution in [0, 0.1) is 0 Å². The van der Waals surface area contributed by atoms with Crippen LogP contribution in [0.4, 0.5) is 0 Å². The number of carbonyl (C=O) groups is 2. The quantitative estimate of drug-likeness (QED) is 0.760. The molecule has 164 valence electrons. The first-order chi connectivity index (χ1) is 14.9. The van der Waals surface area contributed by atoms with Gasteiger partial charge in [0.1, 0.15) is 6.04 Å².